The molecular weight excluding hydrogens is 402 g/mol. The molecule has 0 radical (unpaired) electrons. The maximum absolute atomic E-state index is 12.7. The normalized spacial score (nSPS) is 14.0. The standard InChI is InChI=1S/C22H29N3O4S/c1-23(2)30-29-19-8-6-18(7-9-19)24-11-13-25(14-12-24)22(26)16-17-5-10-20(27-3)21(15-17)28-4/h5-10,15H,11-14,16H2,1-4H3. The molecule has 0 aliphatic carbocycles. The Kier molecular flexibility index (Phi) is 7.70. The minimum Gasteiger partial charge on any atom is -0.493 e. The fourth-order valence-corrected chi connectivity index (χ4v) is 3.67. The van der Waals surface area contributed by atoms with Gasteiger partial charge in [-0.05, 0) is 42.0 Å². The quantitative estimate of drug-likeness (QED) is 0.470. The molecule has 30 heavy (non-hydrogen) atoms. The molecule has 7 nitrogen and oxygen atoms in total. The second-order valence-electron chi connectivity index (χ2n) is 7.20. The number of anilines is 1. The van der Waals surface area contributed by atoms with Crippen molar-refractivity contribution >= 4 is 23.8 Å². The lowest BCUT2D eigenvalue weighted by atomic mass is 10.1. The predicted molar refractivity (Wildman–Crippen MR) is 120 cm³/mol. The van der Waals surface area contributed by atoms with E-state index in [9.17, 15) is 4.79 Å². The molecular formula is C22H29N3O4S. The Morgan fingerprint density at radius 2 is 1.63 bits per heavy atom. The number of amides is 1. The molecule has 0 unspecified atom stereocenters. The summed E-state index contributed by atoms with van der Waals surface area (Å²) in [4.78, 5) is 17.0. The molecule has 1 heterocycles. The maximum Gasteiger partial charge on any atom is 0.227 e. The Balaban J connectivity index is 1.52. The highest BCUT2D eigenvalue weighted by Crippen LogP contribution is 2.28. The first-order valence-corrected chi connectivity index (χ1v) is 10.6. The summed E-state index contributed by atoms with van der Waals surface area (Å²) in [5.41, 5.74) is 2.07. The zero-order valence-corrected chi connectivity index (χ0v) is 18.8. The van der Waals surface area contributed by atoms with Gasteiger partial charge in [0.1, 0.15) is 18.0 Å². The van der Waals surface area contributed by atoms with Crippen LogP contribution in [0.15, 0.2) is 42.5 Å². The number of rotatable bonds is 8. The summed E-state index contributed by atoms with van der Waals surface area (Å²) in [7, 11) is 7.07. The van der Waals surface area contributed by atoms with Crippen molar-refractivity contribution in [3.05, 3.63) is 48.0 Å². The molecule has 2 aromatic rings. The smallest absolute Gasteiger partial charge is 0.227 e. The summed E-state index contributed by atoms with van der Waals surface area (Å²) < 4.78 is 18.1. The Bertz CT molecular complexity index is 837. The molecule has 0 aromatic heterocycles. The van der Waals surface area contributed by atoms with Crippen LogP contribution >= 0.6 is 12.2 Å². The molecule has 1 aliphatic heterocycles. The fraction of sp³-hybridized carbons (Fsp3) is 0.409. The maximum atomic E-state index is 12.7. The molecule has 0 spiro atoms. The highest BCUT2D eigenvalue weighted by atomic mass is 32.2. The van der Waals surface area contributed by atoms with Gasteiger partial charge in [-0.15, -0.1) is 0 Å². The first-order chi connectivity index (χ1) is 14.5. The van der Waals surface area contributed by atoms with Gasteiger partial charge in [0, 0.05) is 46.0 Å². The first kappa shape index (κ1) is 22.1. The van der Waals surface area contributed by atoms with Crippen molar-refractivity contribution in [2.45, 2.75) is 6.42 Å². The minimum absolute atomic E-state index is 0.131. The van der Waals surface area contributed by atoms with E-state index >= 15 is 0 Å². The number of hydrogen-bond donors (Lipinski definition) is 0. The molecule has 2 aromatic carbocycles. The lowest BCUT2D eigenvalue weighted by molar-refractivity contribution is -0.130. The third kappa shape index (κ3) is 5.73. The summed E-state index contributed by atoms with van der Waals surface area (Å²) in [5.74, 6) is 2.26. The number of nitrogens with zero attached hydrogens (tertiary/aromatic N) is 3. The van der Waals surface area contributed by atoms with Crippen molar-refractivity contribution in [1.29, 1.82) is 0 Å². The number of ether oxygens (including phenoxy) is 2. The Morgan fingerprint density at radius 1 is 0.967 bits per heavy atom. The van der Waals surface area contributed by atoms with E-state index in [2.05, 4.69) is 17.0 Å². The van der Waals surface area contributed by atoms with Crippen molar-refractivity contribution in [3.63, 3.8) is 0 Å². The average Bonchev–Trinajstić information content (AvgIpc) is 2.78. The van der Waals surface area contributed by atoms with E-state index in [-0.39, 0.29) is 5.91 Å². The van der Waals surface area contributed by atoms with Gasteiger partial charge in [-0.2, -0.15) is 0 Å². The van der Waals surface area contributed by atoms with Crippen molar-refractivity contribution in [2.75, 3.05) is 59.4 Å². The summed E-state index contributed by atoms with van der Waals surface area (Å²) >= 11 is 1.29. The van der Waals surface area contributed by atoms with E-state index in [1.165, 1.54) is 12.2 Å². The summed E-state index contributed by atoms with van der Waals surface area (Å²) in [6, 6.07) is 13.7. The topological polar surface area (TPSA) is 54.5 Å². The highest BCUT2D eigenvalue weighted by molar-refractivity contribution is 7.92. The summed E-state index contributed by atoms with van der Waals surface area (Å²) in [6.07, 6.45) is 0.357. The number of piperazine rings is 1. The number of hydrogen-bond acceptors (Lipinski definition) is 7. The van der Waals surface area contributed by atoms with Gasteiger partial charge >= 0.3 is 0 Å². The van der Waals surface area contributed by atoms with E-state index in [1.54, 1.807) is 14.2 Å². The third-order valence-corrected chi connectivity index (χ3v) is 5.49. The average molecular weight is 432 g/mol. The van der Waals surface area contributed by atoms with Crippen LogP contribution in [0.4, 0.5) is 5.69 Å². The third-order valence-electron chi connectivity index (χ3n) is 4.92. The van der Waals surface area contributed by atoms with E-state index in [0.717, 1.165) is 30.1 Å². The molecule has 1 aliphatic rings. The Labute approximate surface area is 182 Å². The number of carbonyl (C=O) groups is 1. The zero-order chi connectivity index (χ0) is 21.5. The molecule has 3 rings (SSSR count). The van der Waals surface area contributed by atoms with Crippen LogP contribution in [0.1, 0.15) is 5.56 Å². The number of carbonyl (C=O) groups excluding carboxylic acids is 1. The second-order valence-corrected chi connectivity index (χ2v) is 8.24. The van der Waals surface area contributed by atoms with Gasteiger partial charge in [-0.25, -0.2) is 4.31 Å². The second kappa shape index (κ2) is 10.4. The molecule has 0 saturated carbocycles. The lowest BCUT2D eigenvalue weighted by Gasteiger charge is -2.36. The van der Waals surface area contributed by atoms with Gasteiger partial charge in [0.05, 0.1) is 20.6 Å². The first-order valence-electron chi connectivity index (χ1n) is 9.86. The Hall–Kier alpha value is -2.58. The summed E-state index contributed by atoms with van der Waals surface area (Å²) in [6.45, 7) is 3.04. The van der Waals surface area contributed by atoms with E-state index in [1.807, 2.05) is 53.6 Å². The van der Waals surface area contributed by atoms with Gasteiger partial charge in [0.25, 0.3) is 0 Å². The molecule has 8 heteroatoms. The molecule has 1 amide bonds. The molecule has 0 N–H and O–H groups in total. The minimum atomic E-state index is 0.131. The van der Waals surface area contributed by atoms with Crippen molar-refractivity contribution in [1.82, 2.24) is 9.21 Å². The van der Waals surface area contributed by atoms with Crippen LogP contribution in [-0.2, 0) is 11.2 Å². The van der Waals surface area contributed by atoms with E-state index in [0.29, 0.717) is 31.0 Å². The van der Waals surface area contributed by atoms with Crippen LogP contribution in [0.3, 0.4) is 0 Å². The fourth-order valence-electron chi connectivity index (χ4n) is 3.32. The lowest BCUT2D eigenvalue weighted by Crippen LogP contribution is -2.49. The molecule has 1 saturated heterocycles. The van der Waals surface area contributed by atoms with Crippen LogP contribution in [0.5, 0.6) is 17.2 Å². The van der Waals surface area contributed by atoms with Crippen LogP contribution in [0.25, 0.3) is 0 Å². The van der Waals surface area contributed by atoms with Crippen LogP contribution in [0, 0.1) is 0 Å². The van der Waals surface area contributed by atoms with Crippen LogP contribution in [0.2, 0.25) is 0 Å². The predicted octanol–water partition coefficient (Wildman–Crippen LogP) is 3.10. The molecule has 162 valence electrons. The SMILES string of the molecule is COc1ccc(CC(=O)N2CCN(c3ccc(OSN(C)C)cc3)CC2)cc1OC. The van der Waals surface area contributed by atoms with Gasteiger partial charge < -0.3 is 23.5 Å². The van der Waals surface area contributed by atoms with Crippen molar-refractivity contribution < 1.29 is 18.5 Å². The zero-order valence-electron chi connectivity index (χ0n) is 18.0. The monoisotopic (exact) mass is 431 g/mol. The van der Waals surface area contributed by atoms with Gasteiger partial charge in [0.15, 0.2) is 11.5 Å². The van der Waals surface area contributed by atoms with Gasteiger partial charge in [0.2, 0.25) is 5.91 Å². The molecule has 1 fully saturated rings. The molecule has 0 atom stereocenters. The number of benzene rings is 2. The number of methoxy groups -OCH3 is 2. The summed E-state index contributed by atoms with van der Waals surface area (Å²) in [5, 5.41) is 0. The van der Waals surface area contributed by atoms with Crippen LogP contribution < -0.4 is 18.6 Å². The van der Waals surface area contributed by atoms with E-state index in [4.69, 9.17) is 13.7 Å². The molecule has 0 bridgehead atoms. The van der Waals surface area contributed by atoms with E-state index < -0.39 is 0 Å². The van der Waals surface area contributed by atoms with Gasteiger partial charge in [-0.3, -0.25) is 4.79 Å². The van der Waals surface area contributed by atoms with Gasteiger partial charge in [-0.1, -0.05) is 6.07 Å². The highest BCUT2D eigenvalue weighted by Gasteiger charge is 2.22. The van der Waals surface area contributed by atoms with Crippen molar-refractivity contribution in [3.8, 4) is 17.2 Å². The van der Waals surface area contributed by atoms with Crippen molar-refractivity contribution in [2.24, 2.45) is 0 Å². The largest absolute Gasteiger partial charge is 0.493 e. The van der Waals surface area contributed by atoms with Crippen LogP contribution in [-0.4, -0.2) is 69.6 Å². The Morgan fingerprint density at radius 3 is 2.23 bits per heavy atom.